The molecule has 0 heterocycles. The third-order valence-corrected chi connectivity index (χ3v) is 1.96. The molecule has 0 saturated heterocycles. The molecule has 88 valence electrons. The fourth-order valence-electron chi connectivity index (χ4n) is 1.17. The van der Waals surface area contributed by atoms with E-state index in [4.69, 9.17) is 0 Å². The summed E-state index contributed by atoms with van der Waals surface area (Å²) in [5, 5.41) is 12.0. The Balaban J connectivity index is 2.55. The number of carboxylic acid groups (broad SMARTS) is 1. The maximum absolute atomic E-state index is 12.2. The molecule has 1 rings (SSSR count). The van der Waals surface area contributed by atoms with E-state index in [0.717, 1.165) is 12.1 Å². The van der Waals surface area contributed by atoms with E-state index in [1.807, 2.05) is 5.32 Å². The molecule has 1 N–H and O–H groups in total. The van der Waals surface area contributed by atoms with Gasteiger partial charge < -0.3 is 15.2 Å². The first-order valence-corrected chi connectivity index (χ1v) is 4.50. The van der Waals surface area contributed by atoms with Crippen LogP contribution in [0.2, 0.25) is 0 Å². The maximum atomic E-state index is 12.2. The quantitative estimate of drug-likeness (QED) is 0.850. The lowest BCUT2D eigenvalue weighted by molar-refractivity contribution is -0.250. The molecule has 1 aromatic carbocycles. The lowest BCUT2D eigenvalue weighted by atomic mass is 10.1. The van der Waals surface area contributed by atoms with Crippen molar-refractivity contribution in [1.82, 2.24) is 5.32 Å². The molecule has 0 aliphatic rings. The van der Waals surface area contributed by atoms with Crippen LogP contribution >= 0.6 is 0 Å². The number of alkyl halides is 3. The van der Waals surface area contributed by atoms with Crippen LogP contribution in [0, 0.1) is 0 Å². The molecule has 0 aromatic heterocycles. The minimum absolute atomic E-state index is 0.119. The van der Waals surface area contributed by atoms with Crippen LogP contribution in [0.1, 0.15) is 11.1 Å². The Kier molecular flexibility index (Phi) is 3.76. The van der Waals surface area contributed by atoms with Crippen molar-refractivity contribution in [1.29, 1.82) is 0 Å². The van der Waals surface area contributed by atoms with Gasteiger partial charge in [0.2, 0.25) is 0 Å². The molecule has 0 aliphatic heterocycles. The number of benzene rings is 1. The summed E-state index contributed by atoms with van der Waals surface area (Å²) in [5.41, 5.74) is -0.0918. The zero-order valence-corrected chi connectivity index (χ0v) is 8.17. The Morgan fingerprint density at radius 3 is 2.25 bits per heavy atom. The Hall–Kier alpha value is -1.72. The monoisotopic (exact) mass is 232 g/mol. The molecule has 0 spiro atoms. The van der Waals surface area contributed by atoms with Crippen molar-refractivity contribution in [3.63, 3.8) is 0 Å². The second kappa shape index (κ2) is 4.87. The molecule has 6 heteroatoms. The second-order valence-corrected chi connectivity index (χ2v) is 3.16. The summed E-state index contributed by atoms with van der Waals surface area (Å²) in [4.78, 5) is 10.0. The zero-order valence-electron chi connectivity index (χ0n) is 8.17. The molecule has 0 atom stereocenters. The smallest absolute Gasteiger partial charge is 0.416 e. The normalized spacial score (nSPS) is 11.2. The third kappa shape index (κ3) is 3.80. The molecular weight excluding hydrogens is 223 g/mol. The molecule has 0 saturated carbocycles. The molecule has 1 aromatic rings. The van der Waals surface area contributed by atoms with Gasteiger partial charge in [0.25, 0.3) is 0 Å². The van der Waals surface area contributed by atoms with Crippen LogP contribution < -0.4 is 10.4 Å². The van der Waals surface area contributed by atoms with Crippen LogP contribution in [-0.2, 0) is 12.6 Å². The Bertz CT molecular complexity index is 359. The van der Waals surface area contributed by atoms with E-state index in [1.54, 1.807) is 0 Å². The highest BCUT2D eigenvalue weighted by Gasteiger charge is 2.29. The molecule has 0 fully saturated rings. The van der Waals surface area contributed by atoms with Crippen LogP contribution in [0.4, 0.5) is 18.0 Å². The van der Waals surface area contributed by atoms with Crippen LogP contribution in [0.25, 0.3) is 0 Å². The van der Waals surface area contributed by atoms with Crippen LogP contribution in [0.5, 0.6) is 0 Å². The van der Waals surface area contributed by atoms with Gasteiger partial charge in [0, 0.05) is 6.54 Å². The van der Waals surface area contributed by atoms with Crippen molar-refractivity contribution in [3.8, 4) is 0 Å². The van der Waals surface area contributed by atoms with Crippen LogP contribution in [0.3, 0.4) is 0 Å². The first-order valence-electron chi connectivity index (χ1n) is 4.50. The van der Waals surface area contributed by atoms with E-state index in [1.165, 1.54) is 12.1 Å². The summed E-state index contributed by atoms with van der Waals surface area (Å²) >= 11 is 0. The average Bonchev–Trinajstić information content (AvgIpc) is 2.16. The Morgan fingerprint density at radius 2 is 1.81 bits per heavy atom. The minimum atomic E-state index is -4.35. The fraction of sp³-hybridized carbons (Fsp3) is 0.300. The SMILES string of the molecule is O=C([O-])NCCc1ccc(C(F)(F)F)cc1. The van der Waals surface area contributed by atoms with Crippen molar-refractivity contribution in [2.45, 2.75) is 12.6 Å². The molecular formula is C10H9F3NO2-. The Labute approximate surface area is 89.9 Å². The largest absolute Gasteiger partial charge is 0.530 e. The van der Waals surface area contributed by atoms with Gasteiger partial charge in [-0.25, -0.2) is 0 Å². The van der Waals surface area contributed by atoms with Crippen molar-refractivity contribution < 1.29 is 23.1 Å². The zero-order chi connectivity index (χ0) is 12.2. The second-order valence-electron chi connectivity index (χ2n) is 3.16. The van der Waals surface area contributed by atoms with Gasteiger partial charge in [0.15, 0.2) is 0 Å². The first-order chi connectivity index (χ1) is 7.39. The number of carbonyl (C=O) groups excluding carboxylic acids is 1. The Morgan fingerprint density at radius 1 is 1.25 bits per heavy atom. The summed E-state index contributed by atoms with van der Waals surface area (Å²) in [6.45, 7) is 0.119. The van der Waals surface area contributed by atoms with Gasteiger partial charge in [-0.2, -0.15) is 13.2 Å². The first kappa shape index (κ1) is 12.4. The van der Waals surface area contributed by atoms with E-state index < -0.39 is 17.8 Å². The van der Waals surface area contributed by atoms with E-state index in [0.29, 0.717) is 12.0 Å². The summed E-state index contributed by atoms with van der Waals surface area (Å²) in [6, 6.07) is 4.57. The van der Waals surface area contributed by atoms with Crippen molar-refractivity contribution in [2.24, 2.45) is 0 Å². The van der Waals surface area contributed by atoms with Crippen LogP contribution in [-0.4, -0.2) is 12.6 Å². The number of nitrogens with one attached hydrogen (secondary N) is 1. The maximum Gasteiger partial charge on any atom is 0.416 e. The van der Waals surface area contributed by atoms with Gasteiger partial charge in [0.05, 0.1) is 5.56 Å². The highest BCUT2D eigenvalue weighted by atomic mass is 19.4. The summed E-state index contributed by atoms with van der Waals surface area (Å²) in [6.07, 6.45) is -5.42. The van der Waals surface area contributed by atoms with Gasteiger partial charge in [-0.05, 0) is 24.1 Å². The predicted molar refractivity (Wildman–Crippen MR) is 48.5 cm³/mol. The number of hydrogen-bond acceptors (Lipinski definition) is 2. The topological polar surface area (TPSA) is 52.2 Å². The van der Waals surface area contributed by atoms with Crippen LogP contribution in [0.15, 0.2) is 24.3 Å². The molecule has 0 aliphatic carbocycles. The molecule has 0 radical (unpaired) electrons. The summed E-state index contributed by atoms with van der Waals surface area (Å²) in [7, 11) is 0. The number of rotatable bonds is 3. The molecule has 1 amide bonds. The predicted octanol–water partition coefficient (Wildman–Crippen LogP) is 1.18. The molecule has 0 unspecified atom stereocenters. The lowest BCUT2D eigenvalue weighted by Crippen LogP contribution is -2.37. The fourth-order valence-corrected chi connectivity index (χ4v) is 1.17. The van der Waals surface area contributed by atoms with E-state index in [9.17, 15) is 23.1 Å². The number of amides is 1. The number of carbonyl (C=O) groups is 1. The van der Waals surface area contributed by atoms with Gasteiger partial charge in [-0.1, -0.05) is 12.1 Å². The highest BCUT2D eigenvalue weighted by Crippen LogP contribution is 2.29. The van der Waals surface area contributed by atoms with E-state index >= 15 is 0 Å². The van der Waals surface area contributed by atoms with E-state index in [2.05, 4.69) is 0 Å². The van der Waals surface area contributed by atoms with Crippen molar-refractivity contribution in [3.05, 3.63) is 35.4 Å². The van der Waals surface area contributed by atoms with Gasteiger partial charge in [-0.15, -0.1) is 0 Å². The van der Waals surface area contributed by atoms with Gasteiger partial charge >= 0.3 is 6.18 Å². The molecule has 3 nitrogen and oxygen atoms in total. The number of halogens is 3. The summed E-state index contributed by atoms with van der Waals surface area (Å²) in [5.74, 6) is 0. The van der Waals surface area contributed by atoms with Crippen molar-refractivity contribution in [2.75, 3.05) is 6.54 Å². The molecule has 0 bridgehead atoms. The third-order valence-electron chi connectivity index (χ3n) is 1.96. The summed E-state index contributed by atoms with van der Waals surface area (Å²) < 4.78 is 36.5. The highest BCUT2D eigenvalue weighted by molar-refractivity contribution is 5.61. The standard InChI is InChI=1S/C10H10F3NO2/c11-10(12,13)8-3-1-7(2-4-8)5-6-14-9(15)16/h1-4,14H,5-6H2,(H,15,16)/p-1. The molecule has 16 heavy (non-hydrogen) atoms. The lowest BCUT2D eigenvalue weighted by Gasteiger charge is -2.08. The van der Waals surface area contributed by atoms with E-state index in [-0.39, 0.29) is 6.54 Å². The van der Waals surface area contributed by atoms with Gasteiger partial charge in [-0.3, -0.25) is 0 Å². The average molecular weight is 232 g/mol. The van der Waals surface area contributed by atoms with Gasteiger partial charge in [0.1, 0.15) is 6.09 Å². The van der Waals surface area contributed by atoms with Crippen molar-refractivity contribution >= 4 is 6.09 Å². The number of hydrogen-bond donors (Lipinski definition) is 1. The minimum Gasteiger partial charge on any atom is -0.530 e.